The van der Waals surface area contributed by atoms with Crippen LogP contribution in [0.15, 0.2) is 5.38 Å². The number of rotatable bonds is 5. The zero-order chi connectivity index (χ0) is 11.5. The second-order valence-electron chi connectivity index (χ2n) is 4.30. The summed E-state index contributed by atoms with van der Waals surface area (Å²) in [6.45, 7) is 9.33. The van der Waals surface area contributed by atoms with Gasteiger partial charge in [0.25, 0.3) is 0 Å². The third-order valence-corrected chi connectivity index (χ3v) is 3.08. The van der Waals surface area contributed by atoms with Gasteiger partial charge in [-0.05, 0) is 27.2 Å². The number of aromatic nitrogens is 1. The molecule has 1 heterocycles. The lowest BCUT2D eigenvalue weighted by molar-refractivity contribution is 0.0876. The topological polar surface area (TPSA) is 36.4 Å². The fourth-order valence-electron chi connectivity index (χ4n) is 1.39. The van der Waals surface area contributed by atoms with Crippen molar-refractivity contribution in [3.63, 3.8) is 0 Å². The van der Waals surface area contributed by atoms with Crippen molar-refractivity contribution >= 4 is 16.5 Å². The first-order chi connectivity index (χ1) is 6.96. The molecule has 0 saturated carbocycles. The van der Waals surface area contributed by atoms with Crippen LogP contribution in [0.4, 0.5) is 5.13 Å². The Bertz CT molecular complexity index is 304. The standard InChI is InChI=1S/C11H20N2OS/c1-5-9-7-15-10(12-9)13(6-2)8-11(3,4)14/h7,14H,5-6,8H2,1-4H3. The van der Waals surface area contributed by atoms with Crippen LogP contribution in [0, 0.1) is 0 Å². The number of likely N-dealkylation sites (N-methyl/N-ethyl adjacent to an activating group) is 1. The van der Waals surface area contributed by atoms with E-state index in [1.165, 1.54) is 0 Å². The largest absolute Gasteiger partial charge is 0.389 e. The highest BCUT2D eigenvalue weighted by Gasteiger charge is 2.19. The molecule has 0 aromatic carbocycles. The normalized spacial score (nSPS) is 11.8. The van der Waals surface area contributed by atoms with E-state index in [1.54, 1.807) is 11.3 Å². The monoisotopic (exact) mass is 228 g/mol. The summed E-state index contributed by atoms with van der Waals surface area (Å²) in [5.41, 5.74) is 0.456. The van der Waals surface area contributed by atoms with E-state index in [0.29, 0.717) is 6.54 Å². The average molecular weight is 228 g/mol. The minimum Gasteiger partial charge on any atom is -0.389 e. The number of aliphatic hydroxyl groups is 1. The number of nitrogens with zero attached hydrogens (tertiary/aromatic N) is 2. The zero-order valence-corrected chi connectivity index (χ0v) is 10.8. The van der Waals surface area contributed by atoms with Crippen LogP contribution in [0.3, 0.4) is 0 Å². The summed E-state index contributed by atoms with van der Waals surface area (Å²) >= 11 is 1.65. The Morgan fingerprint density at radius 3 is 2.53 bits per heavy atom. The number of anilines is 1. The molecule has 3 nitrogen and oxygen atoms in total. The highest BCUT2D eigenvalue weighted by Crippen LogP contribution is 2.22. The molecule has 0 radical (unpaired) electrons. The van der Waals surface area contributed by atoms with Gasteiger partial charge in [0.2, 0.25) is 0 Å². The Hall–Kier alpha value is -0.610. The lowest BCUT2D eigenvalue weighted by atomic mass is 10.1. The summed E-state index contributed by atoms with van der Waals surface area (Å²) in [7, 11) is 0. The molecule has 0 amide bonds. The molecule has 0 spiro atoms. The van der Waals surface area contributed by atoms with Gasteiger partial charge in [0.05, 0.1) is 11.3 Å². The fourth-order valence-corrected chi connectivity index (χ4v) is 2.36. The van der Waals surface area contributed by atoms with Crippen molar-refractivity contribution in [3.05, 3.63) is 11.1 Å². The van der Waals surface area contributed by atoms with Crippen LogP contribution in [-0.4, -0.2) is 28.8 Å². The third kappa shape index (κ3) is 3.80. The molecule has 1 aromatic heterocycles. The second-order valence-corrected chi connectivity index (χ2v) is 5.14. The molecule has 86 valence electrons. The lowest BCUT2D eigenvalue weighted by Crippen LogP contribution is -2.38. The van der Waals surface area contributed by atoms with E-state index >= 15 is 0 Å². The van der Waals surface area contributed by atoms with E-state index in [2.05, 4.69) is 29.1 Å². The molecule has 0 bridgehead atoms. The number of hydrogen-bond acceptors (Lipinski definition) is 4. The van der Waals surface area contributed by atoms with Gasteiger partial charge in [0.15, 0.2) is 5.13 Å². The summed E-state index contributed by atoms with van der Waals surface area (Å²) in [6.07, 6.45) is 0.969. The maximum atomic E-state index is 9.78. The van der Waals surface area contributed by atoms with Gasteiger partial charge in [-0.2, -0.15) is 0 Å². The van der Waals surface area contributed by atoms with Gasteiger partial charge in [0, 0.05) is 18.5 Å². The molecule has 0 fully saturated rings. The molecule has 0 aliphatic carbocycles. The molecule has 1 N–H and O–H groups in total. The minimum absolute atomic E-state index is 0.625. The van der Waals surface area contributed by atoms with E-state index in [1.807, 2.05) is 13.8 Å². The second kappa shape index (κ2) is 4.94. The predicted molar refractivity (Wildman–Crippen MR) is 65.7 cm³/mol. The Balaban J connectivity index is 2.74. The molecule has 0 atom stereocenters. The molecular weight excluding hydrogens is 208 g/mol. The Morgan fingerprint density at radius 2 is 2.13 bits per heavy atom. The maximum Gasteiger partial charge on any atom is 0.185 e. The van der Waals surface area contributed by atoms with Crippen molar-refractivity contribution in [1.82, 2.24) is 4.98 Å². The van der Waals surface area contributed by atoms with Gasteiger partial charge in [-0.3, -0.25) is 0 Å². The quantitative estimate of drug-likeness (QED) is 0.840. The van der Waals surface area contributed by atoms with Crippen LogP contribution in [0.2, 0.25) is 0 Å². The Kier molecular flexibility index (Phi) is 4.11. The Labute approximate surface area is 95.8 Å². The molecule has 15 heavy (non-hydrogen) atoms. The Morgan fingerprint density at radius 1 is 1.47 bits per heavy atom. The van der Waals surface area contributed by atoms with Crippen molar-refractivity contribution in [2.45, 2.75) is 39.7 Å². The van der Waals surface area contributed by atoms with Crippen molar-refractivity contribution < 1.29 is 5.11 Å². The van der Waals surface area contributed by atoms with Gasteiger partial charge in [-0.15, -0.1) is 11.3 Å². The summed E-state index contributed by atoms with van der Waals surface area (Å²) in [4.78, 5) is 6.63. The van der Waals surface area contributed by atoms with E-state index < -0.39 is 5.60 Å². The van der Waals surface area contributed by atoms with Gasteiger partial charge in [-0.25, -0.2) is 4.98 Å². The van der Waals surface area contributed by atoms with E-state index in [9.17, 15) is 5.11 Å². The number of aryl methyl sites for hydroxylation is 1. The minimum atomic E-state index is -0.673. The number of hydrogen-bond donors (Lipinski definition) is 1. The summed E-state index contributed by atoms with van der Waals surface area (Å²) in [5, 5.41) is 12.9. The molecule has 0 unspecified atom stereocenters. The van der Waals surface area contributed by atoms with Crippen molar-refractivity contribution in [3.8, 4) is 0 Å². The highest BCUT2D eigenvalue weighted by atomic mass is 32.1. The first kappa shape index (κ1) is 12.5. The van der Waals surface area contributed by atoms with Crippen LogP contribution >= 0.6 is 11.3 Å². The van der Waals surface area contributed by atoms with Crippen LogP contribution in [-0.2, 0) is 6.42 Å². The predicted octanol–water partition coefficient (Wildman–Crippen LogP) is 2.30. The van der Waals surface area contributed by atoms with Crippen molar-refractivity contribution in [1.29, 1.82) is 0 Å². The van der Waals surface area contributed by atoms with Crippen LogP contribution < -0.4 is 4.90 Å². The summed E-state index contributed by atoms with van der Waals surface area (Å²) in [6, 6.07) is 0. The van der Waals surface area contributed by atoms with Crippen molar-refractivity contribution in [2.24, 2.45) is 0 Å². The first-order valence-electron chi connectivity index (χ1n) is 5.38. The zero-order valence-electron chi connectivity index (χ0n) is 9.95. The van der Waals surface area contributed by atoms with Gasteiger partial charge in [-0.1, -0.05) is 6.92 Å². The first-order valence-corrected chi connectivity index (χ1v) is 6.26. The fraction of sp³-hybridized carbons (Fsp3) is 0.727. The van der Waals surface area contributed by atoms with Crippen molar-refractivity contribution in [2.75, 3.05) is 18.0 Å². The van der Waals surface area contributed by atoms with E-state index in [0.717, 1.165) is 23.8 Å². The van der Waals surface area contributed by atoms with Crippen LogP contribution in [0.25, 0.3) is 0 Å². The van der Waals surface area contributed by atoms with E-state index in [4.69, 9.17) is 0 Å². The maximum absolute atomic E-state index is 9.78. The molecule has 4 heteroatoms. The van der Waals surface area contributed by atoms with E-state index in [-0.39, 0.29) is 0 Å². The molecule has 0 aliphatic heterocycles. The van der Waals surface area contributed by atoms with Gasteiger partial charge in [0.1, 0.15) is 0 Å². The molecule has 0 aliphatic rings. The lowest BCUT2D eigenvalue weighted by Gasteiger charge is -2.27. The van der Waals surface area contributed by atoms with Crippen LogP contribution in [0.1, 0.15) is 33.4 Å². The summed E-state index contributed by atoms with van der Waals surface area (Å²) < 4.78 is 0. The highest BCUT2D eigenvalue weighted by molar-refractivity contribution is 7.13. The molecular formula is C11H20N2OS. The molecule has 1 rings (SSSR count). The molecule has 1 aromatic rings. The smallest absolute Gasteiger partial charge is 0.185 e. The SMILES string of the molecule is CCc1csc(N(CC)CC(C)(C)O)n1. The summed E-state index contributed by atoms with van der Waals surface area (Å²) in [5.74, 6) is 0. The van der Waals surface area contributed by atoms with Crippen LogP contribution in [0.5, 0.6) is 0 Å². The average Bonchev–Trinajstić information content (AvgIpc) is 2.60. The molecule has 0 saturated heterocycles. The van der Waals surface area contributed by atoms with Gasteiger partial charge < -0.3 is 10.0 Å². The number of thiazole rings is 1. The third-order valence-electron chi connectivity index (χ3n) is 2.13. The van der Waals surface area contributed by atoms with Gasteiger partial charge >= 0.3 is 0 Å².